The van der Waals surface area contributed by atoms with Crippen LogP contribution in [0.25, 0.3) is 10.8 Å². The lowest BCUT2D eigenvalue weighted by atomic mass is 10.1. The van der Waals surface area contributed by atoms with Gasteiger partial charge in [0.15, 0.2) is 5.96 Å². The Hall–Kier alpha value is -1.34. The van der Waals surface area contributed by atoms with E-state index >= 15 is 0 Å². The molecule has 0 aromatic heterocycles. The lowest BCUT2D eigenvalue weighted by molar-refractivity contribution is 0.114. The quantitative estimate of drug-likeness (QED) is 0.427. The van der Waals surface area contributed by atoms with E-state index in [0.29, 0.717) is 6.10 Å². The SMILES string of the molecule is CN=C(NCCc1ccc2ccccc2c1)NCC1CCCO1.I. The highest BCUT2D eigenvalue weighted by Crippen LogP contribution is 2.15. The molecule has 1 aliphatic heterocycles. The van der Waals surface area contributed by atoms with Crippen LogP contribution in [-0.4, -0.2) is 38.8 Å². The standard InChI is InChI=1S/C19H25N3O.HI/c1-20-19(22-14-18-7-4-12-23-18)21-11-10-15-8-9-16-5-2-3-6-17(16)13-15;/h2-3,5-6,8-9,13,18H,4,7,10-12,14H2,1H3,(H2,20,21,22);1H. The fourth-order valence-electron chi connectivity index (χ4n) is 2.96. The Balaban J connectivity index is 0.00000208. The number of hydrogen-bond donors (Lipinski definition) is 2. The van der Waals surface area contributed by atoms with Gasteiger partial charge in [0, 0.05) is 26.7 Å². The van der Waals surface area contributed by atoms with E-state index in [9.17, 15) is 0 Å². The van der Waals surface area contributed by atoms with E-state index in [0.717, 1.165) is 38.5 Å². The number of ether oxygens (including phenoxy) is 1. The molecule has 1 fully saturated rings. The molecule has 0 aliphatic carbocycles. The molecule has 4 nitrogen and oxygen atoms in total. The largest absolute Gasteiger partial charge is 0.376 e. The predicted octanol–water partition coefficient (Wildman–Crippen LogP) is 3.34. The molecule has 5 heteroatoms. The number of nitrogens with zero attached hydrogens (tertiary/aromatic N) is 1. The zero-order chi connectivity index (χ0) is 15.9. The Morgan fingerprint density at radius 2 is 2.00 bits per heavy atom. The maximum absolute atomic E-state index is 5.62. The molecular weight excluding hydrogens is 413 g/mol. The second-order valence-electron chi connectivity index (χ2n) is 5.95. The Morgan fingerprint density at radius 1 is 1.17 bits per heavy atom. The summed E-state index contributed by atoms with van der Waals surface area (Å²) in [4.78, 5) is 4.27. The van der Waals surface area contributed by atoms with Crippen molar-refractivity contribution in [2.45, 2.75) is 25.4 Å². The van der Waals surface area contributed by atoms with Gasteiger partial charge in [-0.15, -0.1) is 24.0 Å². The summed E-state index contributed by atoms with van der Waals surface area (Å²) < 4.78 is 5.62. The highest BCUT2D eigenvalue weighted by molar-refractivity contribution is 14.0. The number of guanidine groups is 1. The predicted molar refractivity (Wildman–Crippen MR) is 111 cm³/mol. The monoisotopic (exact) mass is 439 g/mol. The van der Waals surface area contributed by atoms with Gasteiger partial charge in [0.05, 0.1) is 6.10 Å². The number of halogens is 1. The van der Waals surface area contributed by atoms with E-state index in [4.69, 9.17) is 4.74 Å². The summed E-state index contributed by atoms with van der Waals surface area (Å²) in [5.74, 6) is 0.848. The van der Waals surface area contributed by atoms with Gasteiger partial charge in [-0.05, 0) is 35.6 Å². The molecule has 0 bridgehead atoms. The highest BCUT2D eigenvalue weighted by atomic mass is 127. The Bertz CT molecular complexity index is 668. The van der Waals surface area contributed by atoms with Gasteiger partial charge >= 0.3 is 0 Å². The Labute approximate surface area is 161 Å². The van der Waals surface area contributed by atoms with Gasteiger partial charge in [0.25, 0.3) is 0 Å². The van der Waals surface area contributed by atoms with Crippen LogP contribution in [0.15, 0.2) is 47.5 Å². The minimum absolute atomic E-state index is 0. The number of nitrogens with one attached hydrogen (secondary N) is 2. The van der Waals surface area contributed by atoms with Crippen LogP contribution in [0.5, 0.6) is 0 Å². The van der Waals surface area contributed by atoms with E-state index < -0.39 is 0 Å². The summed E-state index contributed by atoms with van der Waals surface area (Å²) in [6, 6.07) is 15.1. The van der Waals surface area contributed by atoms with Gasteiger partial charge in [0.2, 0.25) is 0 Å². The van der Waals surface area contributed by atoms with Crippen LogP contribution in [0.4, 0.5) is 0 Å². The first-order chi connectivity index (χ1) is 11.3. The van der Waals surface area contributed by atoms with Crippen molar-refractivity contribution < 1.29 is 4.74 Å². The van der Waals surface area contributed by atoms with Gasteiger partial charge in [0.1, 0.15) is 0 Å². The minimum Gasteiger partial charge on any atom is -0.376 e. The molecule has 1 atom stereocenters. The van der Waals surface area contributed by atoms with Gasteiger partial charge in [-0.1, -0.05) is 42.5 Å². The van der Waals surface area contributed by atoms with Crippen molar-refractivity contribution in [3.05, 3.63) is 48.0 Å². The summed E-state index contributed by atoms with van der Waals surface area (Å²) in [6.07, 6.45) is 3.61. The van der Waals surface area contributed by atoms with Crippen LogP contribution < -0.4 is 10.6 Å². The van der Waals surface area contributed by atoms with Crippen LogP contribution in [0.1, 0.15) is 18.4 Å². The molecule has 0 spiro atoms. The molecule has 2 aromatic carbocycles. The fraction of sp³-hybridized carbons (Fsp3) is 0.421. The normalized spacial score (nSPS) is 17.5. The number of benzene rings is 2. The van der Waals surface area contributed by atoms with Gasteiger partial charge in [-0.25, -0.2) is 0 Å². The third-order valence-electron chi connectivity index (χ3n) is 4.26. The van der Waals surface area contributed by atoms with Crippen molar-refractivity contribution in [3.63, 3.8) is 0 Å². The molecule has 24 heavy (non-hydrogen) atoms. The molecule has 1 aliphatic rings. The minimum atomic E-state index is 0. The molecule has 1 saturated heterocycles. The van der Waals surface area contributed by atoms with Crippen LogP contribution in [0, 0.1) is 0 Å². The van der Waals surface area contributed by atoms with Crippen molar-refractivity contribution in [1.29, 1.82) is 0 Å². The first-order valence-electron chi connectivity index (χ1n) is 8.39. The van der Waals surface area contributed by atoms with Crippen LogP contribution in [0.3, 0.4) is 0 Å². The molecule has 2 aromatic rings. The molecule has 0 saturated carbocycles. The average molecular weight is 439 g/mol. The molecule has 1 heterocycles. The van der Waals surface area contributed by atoms with Crippen molar-refractivity contribution in [3.8, 4) is 0 Å². The third kappa shape index (κ3) is 5.34. The summed E-state index contributed by atoms with van der Waals surface area (Å²) >= 11 is 0. The van der Waals surface area contributed by atoms with E-state index in [1.165, 1.54) is 22.8 Å². The summed E-state index contributed by atoms with van der Waals surface area (Å²) in [5.41, 5.74) is 1.34. The molecule has 2 N–H and O–H groups in total. The average Bonchev–Trinajstić information content (AvgIpc) is 3.11. The summed E-state index contributed by atoms with van der Waals surface area (Å²) in [7, 11) is 1.81. The van der Waals surface area contributed by atoms with Gasteiger partial charge in [-0.3, -0.25) is 4.99 Å². The van der Waals surface area contributed by atoms with Crippen molar-refractivity contribution in [2.75, 3.05) is 26.7 Å². The fourth-order valence-corrected chi connectivity index (χ4v) is 2.96. The molecule has 0 amide bonds. The number of fused-ring (bicyclic) bond motifs is 1. The lowest BCUT2D eigenvalue weighted by Crippen LogP contribution is -2.41. The van der Waals surface area contributed by atoms with Crippen molar-refractivity contribution in [2.24, 2.45) is 4.99 Å². The number of aliphatic imine (C=N–C) groups is 1. The van der Waals surface area contributed by atoms with E-state index in [1.807, 2.05) is 0 Å². The molecular formula is C19H26IN3O. The maximum Gasteiger partial charge on any atom is 0.191 e. The number of rotatable bonds is 5. The first-order valence-corrected chi connectivity index (χ1v) is 8.39. The Kier molecular flexibility index (Phi) is 7.78. The lowest BCUT2D eigenvalue weighted by Gasteiger charge is -2.15. The van der Waals surface area contributed by atoms with Gasteiger partial charge in [-0.2, -0.15) is 0 Å². The number of hydrogen-bond acceptors (Lipinski definition) is 2. The van der Waals surface area contributed by atoms with Crippen molar-refractivity contribution >= 4 is 40.7 Å². The molecule has 0 radical (unpaired) electrons. The van der Waals surface area contributed by atoms with E-state index in [2.05, 4.69) is 58.1 Å². The van der Waals surface area contributed by atoms with Crippen LogP contribution in [-0.2, 0) is 11.2 Å². The topological polar surface area (TPSA) is 45.7 Å². The summed E-state index contributed by atoms with van der Waals surface area (Å²) in [5, 5.41) is 9.30. The first kappa shape index (κ1) is 19.0. The molecule has 130 valence electrons. The smallest absolute Gasteiger partial charge is 0.191 e. The second kappa shape index (κ2) is 9.84. The van der Waals surface area contributed by atoms with Gasteiger partial charge < -0.3 is 15.4 Å². The third-order valence-corrected chi connectivity index (χ3v) is 4.26. The van der Waals surface area contributed by atoms with Crippen LogP contribution in [0.2, 0.25) is 0 Å². The molecule has 1 unspecified atom stereocenters. The highest BCUT2D eigenvalue weighted by Gasteiger charge is 2.15. The second-order valence-corrected chi connectivity index (χ2v) is 5.95. The van der Waals surface area contributed by atoms with Crippen LogP contribution >= 0.6 is 24.0 Å². The van der Waals surface area contributed by atoms with E-state index in [-0.39, 0.29) is 24.0 Å². The van der Waals surface area contributed by atoms with E-state index in [1.54, 1.807) is 7.05 Å². The molecule has 3 rings (SSSR count). The van der Waals surface area contributed by atoms with Crippen molar-refractivity contribution in [1.82, 2.24) is 10.6 Å². The Morgan fingerprint density at radius 3 is 2.75 bits per heavy atom. The zero-order valence-corrected chi connectivity index (χ0v) is 16.5. The summed E-state index contributed by atoms with van der Waals surface area (Å²) in [6.45, 7) is 2.58. The zero-order valence-electron chi connectivity index (χ0n) is 14.1. The maximum atomic E-state index is 5.62.